The molecule has 1 aliphatic carbocycles. The molecule has 1 amide bonds. The second-order valence-electron chi connectivity index (χ2n) is 6.38. The fourth-order valence-electron chi connectivity index (χ4n) is 2.96. The summed E-state index contributed by atoms with van der Waals surface area (Å²) in [4.78, 5) is 16.7. The molecule has 6 heteroatoms. The Morgan fingerprint density at radius 1 is 1.27 bits per heavy atom. The Morgan fingerprint density at radius 3 is 2.73 bits per heavy atom. The maximum Gasteiger partial charge on any atom is 0.273 e. The highest BCUT2D eigenvalue weighted by atomic mass is 16.5. The summed E-state index contributed by atoms with van der Waals surface area (Å²) in [6.45, 7) is 0. The molecule has 0 radical (unpaired) electrons. The highest BCUT2D eigenvalue weighted by Crippen LogP contribution is 2.41. The van der Waals surface area contributed by atoms with Gasteiger partial charge in [-0.2, -0.15) is 0 Å². The quantitative estimate of drug-likeness (QED) is 0.735. The number of carbonyl (C=O) groups is 1. The second kappa shape index (κ2) is 7.00. The van der Waals surface area contributed by atoms with Crippen molar-refractivity contribution in [2.75, 3.05) is 7.11 Å². The number of pyridine rings is 1. The van der Waals surface area contributed by atoms with E-state index in [1.165, 1.54) is 0 Å². The average Bonchev–Trinajstić information content (AvgIpc) is 3.42. The van der Waals surface area contributed by atoms with Crippen LogP contribution in [0.4, 0.5) is 0 Å². The summed E-state index contributed by atoms with van der Waals surface area (Å²) in [5.41, 5.74) is 2.12. The topological polar surface area (TPSA) is 77.2 Å². The Bertz CT molecular complexity index is 886. The van der Waals surface area contributed by atoms with Gasteiger partial charge in [-0.3, -0.25) is 9.78 Å². The van der Waals surface area contributed by atoms with Crippen LogP contribution in [0.3, 0.4) is 0 Å². The van der Waals surface area contributed by atoms with Gasteiger partial charge in [0.1, 0.15) is 5.75 Å². The summed E-state index contributed by atoms with van der Waals surface area (Å²) >= 11 is 0. The lowest BCUT2D eigenvalue weighted by Crippen LogP contribution is -2.30. The summed E-state index contributed by atoms with van der Waals surface area (Å²) < 4.78 is 10.5. The molecule has 26 heavy (non-hydrogen) atoms. The standard InChI is InChI=1S/C20H19N3O3/c1-25-16-8-6-14(7-9-16)19(13-4-5-13)22-20(24)17-11-18(26-23-17)15-3-2-10-21-12-15/h2-3,6-13,19H,4-5H2,1H3,(H,22,24)/t19-/m1/s1. The van der Waals surface area contributed by atoms with E-state index in [0.29, 0.717) is 11.7 Å². The van der Waals surface area contributed by atoms with Crippen molar-refractivity contribution in [3.63, 3.8) is 0 Å². The Morgan fingerprint density at radius 2 is 2.08 bits per heavy atom. The van der Waals surface area contributed by atoms with Gasteiger partial charge in [-0.25, -0.2) is 0 Å². The van der Waals surface area contributed by atoms with Crippen molar-refractivity contribution < 1.29 is 14.1 Å². The van der Waals surface area contributed by atoms with Crippen LogP contribution in [0.2, 0.25) is 0 Å². The smallest absolute Gasteiger partial charge is 0.273 e. The van der Waals surface area contributed by atoms with Crippen LogP contribution in [0.15, 0.2) is 59.4 Å². The van der Waals surface area contributed by atoms with Gasteiger partial charge in [0, 0.05) is 24.0 Å². The fraction of sp³-hybridized carbons (Fsp3) is 0.250. The number of methoxy groups -OCH3 is 1. The number of nitrogens with one attached hydrogen (secondary N) is 1. The fourth-order valence-corrected chi connectivity index (χ4v) is 2.96. The maximum atomic E-state index is 12.7. The van der Waals surface area contributed by atoms with Gasteiger partial charge in [0.25, 0.3) is 5.91 Å². The third-order valence-corrected chi connectivity index (χ3v) is 4.54. The normalized spacial score (nSPS) is 14.7. The zero-order valence-corrected chi connectivity index (χ0v) is 14.4. The zero-order valence-electron chi connectivity index (χ0n) is 14.4. The molecule has 1 atom stereocenters. The number of hydrogen-bond acceptors (Lipinski definition) is 5. The minimum absolute atomic E-state index is 0.0352. The number of amides is 1. The van der Waals surface area contributed by atoms with Crippen molar-refractivity contribution in [2.24, 2.45) is 5.92 Å². The Kier molecular flexibility index (Phi) is 4.39. The number of hydrogen-bond donors (Lipinski definition) is 1. The van der Waals surface area contributed by atoms with Gasteiger partial charge in [0.15, 0.2) is 11.5 Å². The molecule has 2 aromatic heterocycles. The first-order valence-corrected chi connectivity index (χ1v) is 8.56. The first kappa shape index (κ1) is 16.3. The lowest BCUT2D eigenvalue weighted by molar-refractivity contribution is 0.0922. The van der Waals surface area contributed by atoms with Crippen molar-refractivity contribution >= 4 is 5.91 Å². The maximum absolute atomic E-state index is 12.7. The average molecular weight is 349 g/mol. The third-order valence-electron chi connectivity index (χ3n) is 4.54. The zero-order chi connectivity index (χ0) is 17.9. The molecule has 132 valence electrons. The van der Waals surface area contributed by atoms with Crippen LogP contribution in [0.1, 0.15) is 34.9 Å². The summed E-state index contributed by atoms with van der Waals surface area (Å²) in [5, 5.41) is 7.01. The number of nitrogens with zero attached hydrogens (tertiary/aromatic N) is 2. The molecule has 0 bridgehead atoms. The molecule has 1 N–H and O–H groups in total. The molecule has 0 unspecified atom stereocenters. The molecule has 1 aromatic carbocycles. The van der Waals surface area contributed by atoms with E-state index in [-0.39, 0.29) is 17.6 Å². The van der Waals surface area contributed by atoms with E-state index in [9.17, 15) is 4.79 Å². The lowest BCUT2D eigenvalue weighted by Gasteiger charge is -2.18. The first-order chi connectivity index (χ1) is 12.7. The van der Waals surface area contributed by atoms with E-state index in [1.807, 2.05) is 36.4 Å². The largest absolute Gasteiger partial charge is 0.497 e. The summed E-state index contributed by atoms with van der Waals surface area (Å²) in [7, 11) is 1.64. The summed E-state index contributed by atoms with van der Waals surface area (Å²) in [6, 6.07) is 13.1. The minimum atomic E-state index is -0.239. The molecule has 0 spiro atoms. The SMILES string of the molecule is COc1ccc([C@H](NC(=O)c2cc(-c3cccnc3)on2)C2CC2)cc1. The third kappa shape index (κ3) is 3.44. The van der Waals surface area contributed by atoms with Crippen LogP contribution in [0.5, 0.6) is 5.75 Å². The van der Waals surface area contributed by atoms with E-state index >= 15 is 0 Å². The van der Waals surface area contributed by atoms with E-state index < -0.39 is 0 Å². The predicted molar refractivity (Wildman–Crippen MR) is 95.7 cm³/mol. The van der Waals surface area contributed by atoms with E-state index in [4.69, 9.17) is 9.26 Å². The number of benzene rings is 1. The molecule has 1 aliphatic rings. The van der Waals surface area contributed by atoms with Gasteiger partial charge in [-0.15, -0.1) is 0 Å². The van der Waals surface area contributed by atoms with Crippen molar-refractivity contribution in [3.8, 4) is 17.1 Å². The highest BCUT2D eigenvalue weighted by molar-refractivity contribution is 5.93. The van der Waals surface area contributed by atoms with Crippen molar-refractivity contribution in [1.29, 1.82) is 0 Å². The van der Waals surface area contributed by atoms with Crippen LogP contribution in [0, 0.1) is 5.92 Å². The van der Waals surface area contributed by atoms with Gasteiger partial charge < -0.3 is 14.6 Å². The van der Waals surface area contributed by atoms with E-state index in [1.54, 1.807) is 25.6 Å². The van der Waals surface area contributed by atoms with Crippen molar-refractivity contribution in [3.05, 3.63) is 66.1 Å². The molecular formula is C20H19N3O3. The van der Waals surface area contributed by atoms with Gasteiger partial charge in [0.05, 0.1) is 13.2 Å². The van der Waals surface area contributed by atoms with E-state index in [0.717, 1.165) is 29.7 Å². The number of ether oxygens (including phenoxy) is 1. The summed E-state index contributed by atoms with van der Waals surface area (Å²) in [6.07, 6.45) is 5.57. The van der Waals surface area contributed by atoms with Crippen LogP contribution in [-0.2, 0) is 0 Å². The number of rotatable bonds is 6. The second-order valence-corrected chi connectivity index (χ2v) is 6.38. The van der Waals surface area contributed by atoms with Gasteiger partial charge in [0.2, 0.25) is 0 Å². The molecule has 0 aliphatic heterocycles. The van der Waals surface area contributed by atoms with Crippen LogP contribution in [0.25, 0.3) is 11.3 Å². The van der Waals surface area contributed by atoms with Crippen molar-refractivity contribution in [2.45, 2.75) is 18.9 Å². The van der Waals surface area contributed by atoms with Gasteiger partial charge >= 0.3 is 0 Å². The molecule has 3 aromatic rings. The Balaban J connectivity index is 1.51. The number of aromatic nitrogens is 2. The highest BCUT2D eigenvalue weighted by Gasteiger charge is 2.34. The number of carbonyl (C=O) groups excluding carboxylic acids is 1. The van der Waals surface area contributed by atoms with Crippen LogP contribution >= 0.6 is 0 Å². The minimum Gasteiger partial charge on any atom is -0.497 e. The Labute approximate surface area is 151 Å². The molecule has 1 saturated carbocycles. The summed E-state index contributed by atoms with van der Waals surface area (Å²) in [5.74, 6) is 1.54. The molecular weight excluding hydrogens is 330 g/mol. The molecule has 2 heterocycles. The van der Waals surface area contributed by atoms with Crippen LogP contribution in [-0.4, -0.2) is 23.2 Å². The first-order valence-electron chi connectivity index (χ1n) is 8.56. The van der Waals surface area contributed by atoms with Crippen molar-refractivity contribution in [1.82, 2.24) is 15.5 Å². The molecule has 1 fully saturated rings. The molecule has 4 rings (SSSR count). The Hall–Kier alpha value is -3.15. The van der Waals surface area contributed by atoms with Crippen LogP contribution < -0.4 is 10.1 Å². The molecule has 0 saturated heterocycles. The van der Waals surface area contributed by atoms with Gasteiger partial charge in [-0.1, -0.05) is 17.3 Å². The van der Waals surface area contributed by atoms with Gasteiger partial charge in [-0.05, 0) is 48.6 Å². The lowest BCUT2D eigenvalue weighted by atomic mass is 10.0. The monoisotopic (exact) mass is 349 g/mol. The predicted octanol–water partition coefficient (Wildman–Crippen LogP) is 3.63. The molecule has 6 nitrogen and oxygen atoms in total. The van der Waals surface area contributed by atoms with E-state index in [2.05, 4.69) is 15.5 Å².